The van der Waals surface area contributed by atoms with Gasteiger partial charge in [-0.1, -0.05) is 0 Å². The van der Waals surface area contributed by atoms with Gasteiger partial charge in [0.15, 0.2) is 0 Å². The van der Waals surface area contributed by atoms with E-state index in [0.29, 0.717) is 39.0 Å². The third-order valence-corrected chi connectivity index (χ3v) is 9.50. The van der Waals surface area contributed by atoms with Crippen LogP contribution in [-0.2, 0) is 30.2 Å². The van der Waals surface area contributed by atoms with Crippen molar-refractivity contribution in [2.45, 2.75) is 103 Å². The summed E-state index contributed by atoms with van der Waals surface area (Å²) >= 11 is 6.05. The van der Waals surface area contributed by atoms with Crippen LogP contribution in [0.4, 0.5) is 4.79 Å². The zero-order chi connectivity index (χ0) is 33.9. The monoisotopic (exact) mass is 710 g/mol. The predicted molar refractivity (Wildman–Crippen MR) is 172 cm³/mol. The summed E-state index contributed by atoms with van der Waals surface area (Å²) < 4.78 is 17.1. The Morgan fingerprint density at radius 2 is 1.62 bits per heavy atom. The van der Waals surface area contributed by atoms with E-state index in [-0.39, 0.29) is 39.2 Å². The molecule has 1 aromatic carbocycles. The number of esters is 2. The number of H-pyrrole nitrogens is 1. The molecule has 1 aliphatic heterocycles. The Morgan fingerprint density at radius 1 is 1.02 bits per heavy atom. The van der Waals surface area contributed by atoms with Gasteiger partial charge in [-0.3, -0.25) is 4.79 Å². The van der Waals surface area contributed by atoms with Gasteiger partial charge in [-0.15, -0.1) is 0 Å². The Labute approximate surface area is 276 Å². The number of ether oxygens (including phenoxy) is 3. The van der Waals surface area contributed by atoms with Gasteiger partial charge in [0, 0.05) is 0 Å². The van der Waals surface area contributed by atoms with E-state index in [2.05, 4.69) is 4.98 Å². The summed E-state index contributed by atoms with van der Waals surface area (Å²) in [5.41, 5.74) is 0.572. The topological polar surface area (TPSA) is 135 Å². The van der Waals surface area contributed by atoms with E-state index in [9.17, 15) is 24.3 Å². The van der Waals surface area contributed by atoms with Crippen LogP contribution in [0.1, 0.15) is 94.7 Å². The normalized spacial score (nSPS) is 16.2. The molecule has 0 spiro atoms. The molecule has 0 bridgehead atoms. The number of amides is 2. The van der Waals surface area contributed by atoms with E-state index < -0.39 is 47.3 Å². The Bertz CT molecular complexity index is 1470. The number of hydrogen-bond acceptors (Lipinski definition) is 8. The average Bonchev–Trinajstić information content (AvgIpc) is 3.39. The van der Waals surface area contributed by atoms with Crippen LogP contribution in [0.15, 0.2) is 35.4 Å². The number of hydrogen-bond donors (Lipinski definition) is 2. The molecule has 12 heteroatoms. The molecule has 2 amide bonds. The van der Waals surface area contributed by atoms with Gasteiger partial charge < -0.3 is 4.74 Å². The second-order valence-corrected chi connectivity index (χ2v) is 15.7. The first-order chi connectivity index (χ1) is 20.8. The molecule has 0 radical (unpaired) electrons. The van der Waals surface area contributed by atoms with E-state index in [1.165, 1.54) is 7.11 Å². The summed E-state index contributed by atoms with van der Waals surface area (Å²) in [5.74, 6) is -1.65. The number of halogens is 1. The standard InChI is InChI=1S/C33H43ClN2O8Se/c1-18-22(14-15-24(37)42-9)26(30(40)43-32(3,4)5)35-25(18)28(38)27-19(2)23(16-17-45-21-12-10-20(34)11-13-21)29(39)36(27)31(41)44-33(6,7)8/h10-13,27-28,35,38H,14-17H2,1-9H3. The summed E-state index contributed by atoms with van der Waals surface area (Å²) in [6, 6.07) is 6.46. The fraction of sp³-hybridized carbons (Fsp3) is 0.515. The zero-order valence-corrected chi connectivity index (χ0v) is 29.8. The van der Waals surface area contributed by atoms with Crippen molar-refractivity contribution >= 4 is 55.0 Å². The molecule has 10 nitrogen and oxygen atoms in total. The van der Waals surface area contributed by atoms with Crippen molar-refractivity contribution < 1.29 is 38.5 Å². The minimum absolute atomic E-state index is 0.00901. The fourth-order valence-electron chi connectivity index (χ4n) is 5.06. The molecule has 2 heterocycles. The number of aromatic amines is 1. The van der Waals surface area contributed by atoms with Crippen molar-refractivity contribution in [3.05, 3.63) is 62.9 Å². The van der Waals surface area contributed by atoms with Crippen molar-refractivity contribution in [3.8, 4) is 0 Å². The van der Waals surface area contributed by atoms with Gasteiger partial charge in [0.05, 0.1) is 7.11 Å². The molecule has 1 aromatic heterocycles. The van der Waals surface area contributed by atoms with Crippen LogP contribution in [0, 0.1) is 6.92 Å². The number of rotatable bonds is 10. The number of nitrogens with one attached hydrogen (secondary N) is 1. The van der Waals surface area contributed by atoms with Crippen molar-refractivity contribution in [1.29, 1.82) is 0 Å². The number of aliphatic hydroxyl groups excluding tert-OH is 1. The van der Waals surface area contributed by atoms with Gasteiger partial charge in [0.1, 0.15) is 0 Å². The van der Waals surface area contributed by atoms with Crippen molar-refractivity contribution in [2.75, 3.05) is 7.11 Å². The first-order valence-corrected chi connectivity index (χ1v) is 17.1. The van der Waals surface area contributed by atoms with Crippen LogP contribution in [0.5, 0.6) is 0 Å². The first-order valence-electron chi connectivity index (χ1n) is 14.7. The van der Waals surface area contributed by atoms with Crippen LogP contribution in [0.2, 0.25) is 10.3 Å². The van der Waals surface area contributed by atoms with Crippen LogP contribution in [0.3, 0.4) is 0 Å². The molecule has 2 N–H and O–H groups in total. The number of carbonyl (C=O) groups is 4. The quantitative estimate of drug-likeness (QED) is 0.191. The van der Waals surface area contributed by atoms with E-state index in [1.54, 1.807) is 55.4 Å². The van der Waals surface area contributed by atoms with Crippen molar-refractivity contribution in [3.63, 3.8) is 0 Å². The summed E-state index contributed by atoms with van der Waals surface area (Å²) in [6.45, 7) is 13.7. The number of carbonyl (C=O) groups excluding carboxylic acids is 4. The molecule has 2 atom stereocenters. The molecule has 0 saturated carbocycles. The van der Waals surface area contributed by atoms with Crippen LogP contribution in [-0.4, -0.2) is 78.2 Å². The molecule has 45 heavy (non-hydrogen) atoms. The Kier molecular flexibility index (Phi) is 11.7. The number of methoxy groups -OCH3 is 1. The maximum atomic E-state index is 13.8. The Hall–Kier alpha value is -3.11. The minimum atomic E-state index is -1.44. The molecule has 0 saturated heterocycles. The van der Waals surface area contributed by atoms with Gasteiger partial charge in [0.25, 0.3) is 0 Å². The van der Waals surface area contributed by atoms with E-state index in [0.717, 1.165) is 9.36 Å². The Morgan fingerprint density at radius 3 is 2.18 bits per heavy atom. The number of aromatic nitrogens is 1. The molecular formula is C33H43ClN2O8Se. The second kappa shape index (κ2) is 14.5. The molecule has 246 valence electrons. The molecule has 3 rings (SSSR count). The summed E-state index contributed by atoms with van der Waals surface area (Å²) in [7, 11) is 1.28. The van der Waals surface area contributed by atoms with Crippen molar-refractivity contribution in [2.24, 2.45) is 0 Å². The summed E-state index contributed by atoms with van der Waals surface area (Å²) in [5, 5.41) is 13.2. The predicted octanol–water partition coefficient (Wildman–Crippen LogP) is 5.37. The number of imide groups is 1. The average molecular weight is 710 g/mol. The third-order valence-electron chi connectivity index (χ3n) is 7.12. The van der Waals surface area contributed by atoms with E-state index in [4.69, 9.17) is 25.8 Å². The van der Waals surface area contributed by atoms with E-state index >= 15 is 0 Å². The second-order valence-electron chi connectivity index (χ2n) is 12.9. The van der Waals surface area contributed by atoms with Gasteiger partial charge in [-0.05, 0) is 20.8 Å². The number of benzene rings is 1. The molecule has 2 unspecified atom stereocenters. The molecule has 0 aliphatic carbocycles. The summed E-state index contributed by atoms with van der Waals surface area (Å²) in [4.78, 5) is 56.5. The fourth-order valence-corrected chi connectivity index (χ4v) is 7.01. The molecule has 1 aliphatic rings. The number of aliphatic hydroxyl groups is 1. The van der Waals surface area contributed by atoms with Crippen LogP contribution >= 0.6 is 11.6 Å². The zero-order valence-electron chi connectivity index (χ0n) is 27.3. The summed E-state index contributed by atoms with van der Waals surface area (Å²) in [6.07, 6.45) is -1.79. The van der Waals surface area contributed by atoms with E-state index in [1.807, 2.05) is 24.3 Å². The molecule has 0 fully saturated rings. The SMILES string of the molecule is COC(=O)CCc1c(C(=O)OC(C)(C)C)[nH]c(C(O)C2C(C)=C(CC[Se]c3ccc(Cl)cc3)C(=O)N2C(=O)OC(C)(C)C)c1C. The van der Waals surface area contributed by atoms with Crippen LogP contribution in [0.25, 0.3) is 0 Å². The molecule has 2 aromatic rings. The van der Waals surface area contributed by atoms with Crippen LogP contribution < -0.4 is 4.46 Å². The van der Waals surface area contributed by atoms with Gasteiger partial charge in [0.2, 0.25) is 0 Å². The maximum absolute atomic E-state index is 13.8. The molecular weight excluding hydrogens is 667 g/mol. The van der Waals surface area contributed by atoms with Gasteiger partial charge >= 0.3 is 239 Å². The first kappa shape index (κ1) is 36.4. The van der Waals surface area contributed by atoms with Crippen molar-refractivity contribution in [1.82, 2.24) is 9.88 Å². The van der Waals surface area contributed by atoms with Gasteiger partial charge in [-0.2, -0.15) is 0 Å². The third kappa shape index (κ3) is 9.22. The number of nitrogens with zero attached hydrogens (tertiary/aromatic N) is 1. The van der Waals surface area contributed by atoms with Gasteiger partial charge in [-0.25, -0.2) is 0 Å². The Balaban J connectivity index is 2.04.